The number of phenolic OH excluding ortho intramolecular Hbond substituents is 1. The number of benzene rings is 2. The zero-order valence-corrected chi connectivity index (χ0v) is 9.36. The van der Waals surface area contributed by atoms with E-state index in [2.05, 4.69) is 0 Å². The number of hydrogen-bond acceptors (Lipinski definition) is 3. The van der Waals surface area contributed by atoms with E-state index in [0.29, 0.717) is 16.0 Å². The number of halogens is 1. The molecule has 0 saturated heterocycles. The van der Waals surface area contributed by atoms with Crippen molar-refractivity contribution in [2.24, 2.45) is 0 Å². The Labute approximate surface area is 101 Å². The molecule has 3 nitrogen and oxygen atoms in total. The summed E-state index contributed by atoms with van der Waals surface area (Å²) in [4.78, 5) is 11.7. The molecule has 1 N–H and O–H groups in total. The lowest BCUT2D eigenvalue weighted by atomic mass is 10.1. The molecule has 84 valence electrons. The van der Waals surface area contributed by atoms with Crippen LogP contribution in [0.3, 0.4) is 0 Å². The van der Waals surface area contributed by atoms with Crippen molar-refractivity contribution in [2.45, 2.75) is 0 Å². The first-order valence-corrected chi connectivity index (χ1v) is 5.38. The predicted molar refractivity (Wildman–Crippen MR) is 66.7 cm³/mol. The van der Waals surface area contributed by atoms with Gasteiger partial charge in [0.2, 0.25) is 0 Å². The van der Waals surface area contributed by atoms with Gasteiger partial charge in [0.15, 0.2) is 0 Å². The van der Waals surface area contributed by atoms with E-state index in [1.807, 2.05) is 0 Å². The molecule has 0 fully saturated rings. The van der Waals surface area contributed by atoms with E-state index >= 15 is 0 Å². The van der Waals surface area contributed by atoms with Crippen molar-refractivity contribution < 1.29 is 9.52 Å². The van der Waals surface area contributed by atoms with Gasteiger partial charge >= 0.3 is 5.63 Å². The first-order chi connectivity index (χ1) is 8.15. The van der Waals surface area contributed by atoms with Gasteiger partial charge in [-0.25, -0.2) is 4.79 Å². The van der Waals surface area contributed by atoms with E-state index in [1.165, 1.54) is 6.07 Å². The second kappa shape index (κ2) is 3.50. The van der Waals surface area contributed by atoms with Gasteiger partial charge in [-0.15, -0.1) is 0 Å². The van der Waals surface area contributed by atoms with E-state index in [0.717, 1.165) is 10.8 Å². The molecule has 0 saturated carbocycles. The molecule has 3 aromatic rings. The van der Waals surface area contributed by atoms with Crippen LogP contribution in [0.2, 0.25) is 5.02 Å². The topological polar surface area (TPSA) is 50.4 Å². The minimum absolute atomic E-state index is 0.0639. The third-order valence-electron chi connectivity index (χ3n) is 2.66. The first-order valence-electron chi connectivity index (χ1n) is 5.00. The van der Waals surface area contributed by atoms with Gasteiger partial charge in [0.05, 0.1) is 5.39 Å². The van der Waals surface area contributed by atoms with Crippen molar-refractivity contribution in [1.29, 1.82) is 0 Å². The van der Waals surface area contributed by atoms with Crippen LogP contribution in [0, 0.1) is 0 Å². The van der Waals surface area contributed by atoms with Gasteiger partial charge in [-0.3, -0.25) is 0 Å². The lowest BCUT2D eigenvalue weighted by Gasteiger charge is -2.02. The molecule has 3 rings (SSSR count). The third kappa shape index (κ3) is 1.56. The van der Waals surface area contributed by atoms with Gasteiger partial charge in [-0.05, 0) is 24.3 Å². The van der Waals surface area contributed by atoms with Crippen molar-refractivity contribution in [3.8, 4) is 5.75 Å². The lowest BCUT2D eigenvalue weighted by molar-refractivity contribution is 0.473. The molecule has 4 heteroatoms. The molecule has 0 bridgehead atoms. The van der Waals surface area contributed by atoms with Crippen LogP contribution in [-0.2, 0) is 0 Å². The maximum Gasteiger partial charge on any atom is 0.344 e. The average molecular weight is 247 g/mol. The molecule has 0 radical (unpaired) electrons. The molecule has 17 heavy (non-hydrogen) atoms. The number of aromatic hydroxyl groups is 1. The zero-order valence-electron chi connectivity index (χ0n) is 8.61. The van der Waals surface area contributed by atoms with E-state index < -0.39 is 5.63 Å². The van der Waals surface area contributed by atoms with Gasteiger partial charge in [0.1, 0.15) is 11.3 Å². The van der Waals surface area contributed by atoms with Crippen LogP contribution in [0.5, 0.6) is 5.75 Å². The second-order valence-electron chi connectivity index (χ2n) is 3.76. The quantitative estimate of drug-likeness (QED) is 0.489. The van der Waals surface area contributed by atoms with E-state index in [-0.39, 0.29) is 5.75 Å². The molecule has 0 aliphatic heterocycles. The van der Waals surface area contributed by atoms with Crippen LogP contribution in [-0.4, -0.2) is 5.11 Å². The first kappa shape index (κ1) is 10.2. The summed E-state index contributed by atoms with van der Waals surface area (Å²) in [7, 11) is 0. The summed E-state index contributed by atoms with van der Waals surface area (Å²) < 4.78 is 5.14. The molecule has 1 aromatic heterocycles. The maximum atomic E-state index is 11.7. The van der Waals surface area contributed by atoms with Crippen LogP contribution >= 0.6 is 11.6 Å². The van der Waals surface area contributed by atoms with Crippen LogP contribution < -0.4 is 5.63 Å². The monoisotopic (exact) mass is 246 g/mol. The molecule has 2 aromatic carbocycles. The van der Waals surface area contributed by atoms with Crippen LogP contribution in [0.4, 0.5) is 0 Å². The molecule has 1 heterocycles. The Hall–Kier alpha value is -2.00. The zero-order chi connectivity index (χ0) is 12.0. The van der Waals surface area contributed by atoms with E-state index in [1.54, 1.807) is 30.3 Å². The SMILES string of the molecule is O=c1oc2cc(O)ccc2c2ccc(Cl)cc12. The molecule has 0 atom stereocenters. The van der Waals surface area contributed by atoms with Gasteiger partial charge in [-0.1, -0.05) is 17.7 Å². The summed E-state index contributed by atoms with van der Waals surface area (Å²) in [6.45, 7) is 0. The molecule has 0 aliphatic rings. The highest BCUT2D eigenvalue weighted by molar-refractivity contribution is 6.31. The Morgan fingerprint density at radius 1 is 1.00 bits per heavy atom. The minimum atomic E-state index is -0.458. The van der Waals surface area contributed by atoms with Crippen molar-refractivity contribution in [2.75, 3.05) is 0 Å². The highest BCUT2D eigenvalue weighted by atomic mass is 35.5. The Morgan fingerprint density at radius 2 is 1.76 bits per heavy atom. The Morgan fingerprint density at radius 3 is 2.59 bits per heavy atom. The Kier molecular flexibility index (Phi) is 2.09. The summed E-state index contributed by atoms with van der Waals surface area (Å²) >= 11 is 5.85. The number of hydrogen-bond donors (Lipinski definition) is 1. The molecule has 0 spiro atoms. The van der Waals surface area contributed by atoms with Crippen LogP contribution in [0.15, 0.2) is 45.6 Å². The normalized spacial score (nSPS) is 11.1. The smallest absolute Gasteiger partial charge is 0.344 e. The molecular weight excluding hydrogens is 240 g/mol. The lowest BCUT2D eigenvalue weighted by Crippen LogP contribution is -1.99. The molecule has 0 amide bonds. The Balaban J connectivity index is 2.60. The van der Waals surface area contributed by atoms with Crippen molar-refractivity contribution in [1.82, 2.24) is 0 Å². The highest BCUT2D eigenvalue weighted by Crippen LogP contribution is 2.27. The summed E-state index contributed by atoms with van der Waals surface area (Å²) in [5, 5.41) is 11.8. The van der Waals surface area contributed by atoms with Gasteiger partial charge in [-0.2, -0.15) is 0 Å². The summed E-state index contributed by atoms with van der Waals surface area (Å²) in [6.07, 6.45) is 0. The average Bonchev–Trinajstić information content (AvgIpc) is 2.29. The molecule has 0 aliphatic carbocycles. The maximum absolute atomic E-state index is 11.7. The van der Waals surface area contributed by atoms with Crippen molar-refractivity contribution in [3.05, 3.63) is 51.8 Å². The van der Waals surface area contributed by atoms with Gasteiger partial charge in [0.25, 0.3) is 0 Å². The minimum Gasteiger partial charge on any atom is -0.508 e. The number of rotatable bonds is 0. The van der Waals surface area contributed by atoms with Crippen LogP contribution in [0.25, 0.3) is 21.7 Å². The largest absolute Gasteiger partial charge is 0.508 e. The molecule has 0 unspecified atom stereocenters. The fourth-order valence-corrected chi connectivity index (χ4v) is 2.07. The second-order valence-corrected chi connectivity index (χ2v) is 4.20. The molecular formula is C13H7ClO3. The van der Waals surface area contributed by atoms with E-state index in [9.17, 15) is 9.90 Å². The van der Waals surface area contributed by atoms with Crippen molar-refractivity contribution >= 4 is 33.3 Å². The predicted octanol–water partition coefficient (Wildman–Crippen LogP) is 3.31. The Bertz CT molecular complexity index is 790. The summed E-state index contributed by atoms with van der Waals surface area (Å²) in [5.74, 6) is 0.0639. The fraction of sp³-hybridized carbons (Fsp3) is 0. The summed E-state index contributed by atoms with van der Waals surface area (Å²) in [5.41, 5.74) is -0.0922. The number of phenols is 1. The standard InChI is InChI=1S/C13H7ClO3/c14-7-1-3-9-10-4-2-8(15)6-12(10)17-13(16)11(9)5-7/h1-6,15H. The van der Waals surface area contributed by atoms with Crippen molar-refractivity contribution in [3.63, 3.8) is 0 Å². The fourth-order valence-electron chi connectivity index (χ4n) is 1.89. The number of fused-ring (bicyclic) bond motifs is 3. The van der Waals surface area contributed by atoms with Gasteiger partial charge < -0.3 is 9.52 Å². The van der Waals surface area contributed by atoms with Crippen LogP contribution in [0.1, 0.15) is 0 Å². The van der Waals surface area contributed by atoms with E-state index in [4.69, 9.17) is 16.0 Å². The van der Waals surface area contributed by atoms with Gasteiger partial charge in [0, 0.05) is 21.9 Å². The third-order valence-corrected chi connectivity index (χ3v) is 2.89. The highest BCUT2D eigenvalue weighted by Gasteiger charge is 2.08. The summed E-state index contributed by atoms with van der Waals surface area (Å²) in [6, 6.07) is 9.75.